The van der Waals surface area contributed by atoms with Crippen LogP contribution in [0.1, 0.15) is 102 Å². The summed E-state index contributed by atoms with van der Waals surface area (Å²) in [6, 6.07) is 54.5. The van der Waals surface area contributed by atoms with Gasteiger partial charge in [0.15, 0.2) is 0 Å². The second-order valence-electron chi connectivity index (χ2n) is 21.3. The van der Waals surface area contributed by atoms with Crippen LogP contribution in [0.2, 0.25) is 5.04 Å². The highest BCUT2D eigenvalue weighted by atomic mass is 32.2. The van der Waals surface area contributed by atoms with Crippen LogP contribution in [-0.4, -0.2) is 77.0 Å². The lowest BCUT2D eigenvalue weighted by molar-refractivity contribution is 0.0442. The second kappa shape index (κ2) is 19.4. The molecule has 0 saturated carbocycles. The summed E-state index contributed by atoms with van der Waals surface area (Å²) in [4.78, 5) is 30.6. The van der Waals surface area contributed by atoms with Crippen LogP contribution in [0.4, 0.5) is 4.79 Å². The van der Waals surface area contributed by atoms with Crippen molar-refractivity contribution in [2.45, 2.75) is 87.2 Å². The number of carbonyl (C=O) groups excluding carboxylic acids is 2. The number of piperidine rings is 1. The number of fused-ring (bicyclic) bond motifs is 6. The van der Waals surface area contributed by atoms with Gasteiger partial charge in [0, 0.05) is 30.8 Å². The third-order valence-electron chi connectivity index (χ3n) is 16.1. The number of nitrogens with zero attached hydrogens (tertiary/aromatic N) is 2. The van der Waals surface area contributed by atoms with Gasteiger partial charge in [-0.25, -0.2) is 18.0 Å². The van der Waals surface area contributed by atoms with Crippen LogP contribution < -0.4 is 10.4 Å². The van der Waals surface area contributed by atoms with E-state index in [-0.39, 0.29) is 54.1 Å². The van der Waals surface area contributed by atoms with Crippen molar-refractivity contribution < 1.29 is 36.3 Å². The van der Waals surface area contributed by atoms with E-state index in [0.29, 0.717) is 43.6 Å². The number of carbonyl (C=O) groups is 2. The lowest BCUT2D eigenvalue weighted by Gasteiger charge is -2.44. The van der Waals surface area contributed by atoms with Crippen LogP contribution in [0.15, 0.2) is 179 Å². The van der Waals surface area contributed by atoms with Crippen molar-refractivity contribution >= 4 is 40.8 Å². The van der Waals surface area contributed by atoms with Crippen molar-refractivity contribution in [3.05, 3.63) is 209 Å². The van der Waals surface area contributed by atoms with Crippen LogP contribution in [0.3, 0.4) is 0 Å². The zero-order chi connectivity index (χ0) is 50.5. The summed E-state index contributed by atoms with van der Waals surface area (Å²) >= 11 is 0. The van der Waals surface area contributed by atoms with Gasteiger partial charge in [0.1, 0.15) is 24.2 Å². The van der Waals surface area contributed by atoms with Gasteiger partial charge in [-0.3, -0.25) is 4.90 Å². The molecule has 1 amide bonds. The fraction of sp³-hybridized carbons (Fsp3) is 0.311. The molecule has 4 aliphatic rings. The molecule has 7 aromatic rings. The van der Waals surface area contributed by atoms with Gasteiger partial charge < -0.3 is 18.3 Å². The predicted molar refractivity (Wildman–Crippen MR) is 285 cm³/mol. The van der Waals surface area contributed by atoms with E-state index in [9.17, 15) is 13.2 Å². The standard InChI is InChI=1S/C61H62N2O8SSi/c1-42-30-32-46(33-31-42)72(66,67)62-35-34-55-53-37-45(21-18-36-68-58(64)43-19-8-5-9-20-43)71-56(53)57-61(55,41-62)38-44(39-70-73(60(2,3)4,47-22-10-6-11-23-47)48-24-12-7-13-25-48)63(57)59(65)69-40-54-51-28-16-14-26-49(51)50-27-15-17-29-52(50)54/h5-17,19-20,22-33,37,44,54-55,57H,18,21,34-36,38-41H2,1-4H3/t44-,55+,57+,61+/m0/s1. The summed E-state index contributed by atoms with van der Waals surface area (Å²) in [5.74, 6) is 0.700. The molecule has 0 N–H and O–H groups in total. The van der Waals surface area contributed by atoms with Gasteiger partial charge in [0.25, 0.3) is 8.32 Å². The average molecular weight is 1010 g/mol. The molecule has 73 heavy (non-hydrogen) atoms. The van der Waals surface area contributed by atoms with Crippen molar-refractivity contribution in [3.63, 3.8) is 0 Å². The fourth-order valence-corrected chi connectivity index (χ4v) is 18.9. The molecule has 2 aliphatic heterocycles. The molecule has 4 atom stereocenters. The molecule has 2 fully saturated rings. The zero-order valence-electron chi connectivity index (χ0n) is 41.9. The number of hydrogen-bond donors (Lipinski definition) is 0. The Morgan fingerprint density at radius 3 is 1.93 bits per heavy atom. The number of hydrogen-bond acceptors (Lipinski definition) is 8. The van der Waals surface area contributed by atoms with Gasteiger partial charge in [-0.15, -0.1) is 0 Å². The SMILES string of the molecule is Cc1ccc(S(=O)(=O)N2CC[C@@H]3c4cc(CCCOC(=O)c5ccccc5)oc4[C@H]4N(C(=O)OCC5c6ccccc6-c6ccccc65)[C@H](CO[Si](c5ccccc5)(c5ccccc5)C(C)(C)C)C[C@@]34C2)cc1. The number of sulfonamides is 1. The first kappa shape index (κ1) is 48.7. The molecule has 11 rings (SSSR count). The third-order valence-corrected chi connectivity index (χ3v) is 22.9. The van der Waals surface area contributed by atoms with E-state index in [1.165, 1.54) is 0 Å². The molecule has 3 heterocycles. The molecule has 0 bridgehead atoms. The highest BCUT2D eigenvalue weighted by Gasteiger charge is 2.67. The number of aryl methyl sites for hydroxylation is 2. The lowest BCUT2D eigenvalue weighted by atomic mass is 9.69. The lowest BCUT2D eigenvalue weighted by Crippen LogP contribution is -2.67. The number of furan rings is 1. The van der Waals surface area contributed by atoms with Crippen LogP contribution in [0.25, 0.3) is 11.1 Å². The summed E-state index contributed by atoms with van der Waals surface area (Å²) in [7, 11) is -7.08. The summed E-state index contributed by atoms with van der Waals surface area (Å²) in [6.45, 7) is 9.66. The van der Waals surface area contributed by atoms with E-state index in [1.54, 1.807) is 28.6 Å². The molecular formula is C61H62N2O8SSi. The first-order chi connectivity index (χ1) is 35.3. The van der Waals surface area contributed by atoms with Gasteiger partial charge in [0.05, 0.1) is 29.7 Å². The monoisotopic (exact) mass is 1010 g/mol. The maximum Gasteiger partial charge on any atom is 0.410 e. The minimum absolute atomic E-state index is 0.112. The summed E-state index contributed by atoms with van der Waals surface area (Å²) in [6.07, 6.45) is 1.53. The second-order valence-corrected chi connectivity index (χ2v) is 27.6. The maximum absolute atomic E-state index is 15.7. The van der Waals surface area contributed by atoms with Gasteiger partial charge in [0.2, 0.25) is 10.0 Å². The Bertz CT molecular complexity index is 3160. The van der Waals surface area contributed by atoms with Crippen molar-refractivity contribution in [3.8, 4) is 11.1 Å². The largest absolute Gasteiger partial charge is 0.464 e. The highest BCUT2D eigenvalue weighted by Crippen LogP contribution is 2.67. The molecule has 1 spiro atoms. The van der Waals surface area contributed by atoms with Crippen molar-refractivity contribution in [2.75, 3.05) is 32.9 Å². The third kappa shape index (κ3) is 8.55. The van der Waals surface area contributed by atoms with Crippen molar-refractivity contribution in [1.29, 1.82) is 0 Å². The Labute approximate surface area is 430 Å². The van der Waals surface area contributed by atoms with Gasteiger partial charge in [-0.2, -0.15) is 4.31 Å². The molecule has 1 aromatic heterocycles. The summed E-state index contributed by atoms with van der Waals surface area (Å²) < 4.78 is 58.2. The van der Waals surface area contributed by atoms with Gasteiger partial charge >= 0.3 is 12.1 Å². The first-order valence-electron chi connectivity index (χ1n) is 25.6. The van der Waals surface area contributed by atoms with E-state index in [4.69, 9.17) is 18.3 Å². The molecule has 0 radical (unpaired) electrons. The number of esters is 1. The molecule has 12 heteroatoms. The quantitative estimate of drug-likeness (QED) is 0.0601. The number of likely N-dealkylation sites (tertiary alicyclic amines) is 1. The van der Waals surface area contributed by atoms with Crippen LogP contribution in [0.5, 0.6) is 0 Å². The topological polar surface area (TPSA) is 116 Å². The molecule has 374 valence electrons. The van der Waals surface area contributed by atoms with Crippen LogP contribution in [0, 0.1) is 12.3 Å². The Kier molecular flexibility index (Phi) is 12.9. The average Bonchev–Trinajstić information content (AvgIpc) is 4.12. The number of rotatable bonds is 14. The minimum atomic E-state index is -3.94. The predicted octanol–water partition coefficient (Wildman–Crippen LogP) is 11.2. The number of amides is 1. The van der Waals surface area contributed by atoms with E-state index < -0.39 is 41.9 Å². The Morgan fingerprint density at radius 1 is 0.726 bits per heavy atom. The smallest absolute Gasteiger partial charge is 0.410 e. The van der Waals surface area contributed by atoms with Crippen molar-refractivity contribution in [2.24, 2.45) is 5.41 Å². The normalized spacial score (nSPS) is 20.4. The van der Waals surface area contributed by atoms with E-state index >= 15 is 4.79 Å². The van der Waals surface area contributed by atoms with Gasteiger partial charge in [-0.05, 0) is 106 Å². The minimum Gasteiger partial charge on any atom is -0.464 e. The molecule has 6 aromatic carbocycles. The summed E-state index contributed by atoms with van der Waals surface area (Å²) in [5, 5.41) is 1.90. The van der Waals surface area contributed by atoms with Crippen molar-refractivity contribution in [1.82, 2.24) is 9.21 Å². The Morgan fingerprint density at radius 2 is 1.32 bits per heavy atom. The van der Waals surface area contributed by atoms with E-state index in [2.05, 4.69) is 99.6 Å². The van der Waals surface area contributed by atoms with Gasteiger partial charge in [-0.1, -0.05) is 166 Å². The number of ether oxygens (including phenoxy) is 2. The number of benzene rings is 6. The molecule has 2 aliphatic carbocycles. The molecular weight excluding hydrogens is 949 g/mol. The first-order valence-corrected chi connectivity index (χ1v) is 28.9. The molecule has 2 saturated heterocycles. The Hall–Kier alpha value is -6.57. The molecule has 0 unspecified atom stereocenters. The Balaban J connectivity index is 0.987. The zero-order valence-corrected chi connectivity index (χ0v) is 43.7. The van der Waals surface area contributed by atoms with Crippen LogP contribution in [-0.2, 0) is 30.3 Å². The maximum atomic E-state index is 15.7. The van der Waals surface area contributed by atoms with E-state index in [0.717, 1.165) is 49.5 Å². The summed E-state index contributed by atoms with van der Waals surface area (Å²) in [5.41, 5.74) is 6.17. The van der Waals surface area contributed by atoms with Crippen LogP contribution >= 0.6 is 0 Å². The fourth-order valence-electron chi connectivity index (χ4n) is 12.8. The molecule has 10 nitrogen and oxygen atoms in total. The highest BCUT2D eigenvalue weighted by molar-refractivity contribution is 7.89. The van der Waals surface area contributed by atoms with E-state index in [1.807, 2.05) is 78.6 Å².